The number of anilines is 1. The molecule has 0 saturated carbocycles. The normalized spacial score (nSPS) is 10.3. The first-order valence-electron chi connectivity index (χ1n) is 4.69. The molecule has 5 nitrogen and oxygen atoms in total. The van der Waals surface area contributed by atoms with Gasteiger partial charge in [-0.25, -0.2) is 9.97 Å². The van der Waals surface area contributed by atoms with Crippen LogP contribution in [0.25, 0.3) is 0 Å². The Morgan fingerprint density at radius 3 is 2.60 bits per heavy atom. The molecule has 0 saturated heterocycles. The zero-order valence-electron chi connectivity index (χ0n) is 8.69. The molecule has 5 heteroatoms. The lowest BCUT2D eigenvalue weighted by Crippen LogP contribution is -2.03. The maximum atomic E-state index is 4.94. The summed E-state index contributed by atoms with van der Waals surface area (Å²) in [6, 6.07) is 1.88. The molecule has 2 rings (SSSR count). The molecule has 0 amide bonds. The van der Waals surface area contributed by atoms with Crippen LogP contribution >= 0.6 is 0 Å². The minimum atomic E-state index is 0.570. The van der Waals surface area contributed by atoms with Gasteiger partial charge in [0.05, 0.1) is 6.54 Å². The van der Waals surface area contributed by atoms with E-state index in [2.05, 4.69) is 20.4 Å². The molecule has 0 unspecified atom stereocenters. The number of nitrogens with zero attached hydrogens (tertiary/aromatic N) is 3. The van der Waals surface area contributed by atoms with E-state index in [9.17, 15) is 0 Å². The molecule has 0 radical (unpaired) electrons. The highest BCUT2D eigenvalue weighted by Gasteiger charge is 2.00. The third kappa shape index (κ3) is 2.52. The molecule has 0 aromatic carbocycles. The minimum Gasteiger partial charge on any atom is -0.361 e. The van der Waals surface area contributed by atoms with Crippen molar-refractivity contribution in [2.24, 2.45) is 0 Å². The molecule has 0 aliphatic carbocycles. The number of hydrogen-bond donors (Lipinski definition) is 1. The summed E-state index contributed by atoms with van der Waals surface area (Å²) in [5, 5.41) is 6.91. The first kappa shape index (κ1) is 9.64. The maximum absolute atomic E-state index is 4.94. The lowest BCUT2D eigenvalue weighted by Gasteiger charge is -2.00. The van der Waals surface area contributed by atoms with Gasteiger partial charge in [0.1, 0.15) is 11.5 Å². The third-order valence-electron chi connectivity index (χ3n) is 1.89. The van der Waals surface area contributed by atoms with Gasteiger partial charge in [0.15, 0.2) is 0 Å². The summed E-state index contributed by atoms with van der Waals surface area (Å²) >= 11 is 0. The van der Waals surface area contributed by atoms with E-state index in [1.807, 2.05) is 19.9 Å². The monoisotopic (exact) mass is 204 g/mol. The zero-order chi connectivity index (χ0) is 10.7. The Morgan fingerprint density at radius 1 is 1.27 bits per heavy atom. The molecule has 2 aromatic heterocycles. The van der Waals surface area contributed by atoms with Crippen molar-refractivity contribution in [1.82, 2.24) is 15.1 Å². The fraction of sp³-hybridized carbons (Fsp3) is 0.300. The van der Waals surface area contributed by atoms with E-state index in [0.717, 1.165) is 17.0 Å². The smallest absolute Gasteiger partial charge is 0.222 e. The summed E-state index contributed by atoms with van der Waals surface area (Å²) in [6.07, 6.45) is 3.53. The Kier molecular flexibility index (Phi) is 2.62. The number of rotatable bonds is 3. The zero-order valence-corrected chi connectivity index (χ0v) is 8.69. The molecule has 2 aromatic rings. The van der Waals surface area contributed by atoms with E-state index in [-0.39, 0.29) is 0 Å². The summed E-state index contributed by atoms with van der Waals surface area (Å²) in [5.74, 6) is 1.40. The van der Waals surface area contributed by atoms with Gasteiger partial charge in [0.2, 0.25) is 5.95 Å². The average Bonchev–Trinajstić information content (AvgIpc) is 2.64. The van der Waals surface area contributed by atoms with Crippen LogP contribution in [0.3, 0.4) is 0 Å². The predicted molar refractivity (Wildman–Crippen MR) is 55.3 cm³/mol. The predicted octanol–water partition coefficient (Wildman–Crippen LogP) is 1.69. The van der Waals surface area contributed by atoms with Crippen molar-refractivity contribution in [1.29, 1.82) is 0 Å². The van der Waals surface area contributed by atoms with Gasteiger partial charge in [-0.1, -0.05) is 5.16 Å². The van der Waals surface area contributed by atoms with Crippen LogP contribution in [0.2, 0.25) is 0 Å². The molecule has 78 valence electrons. The Hall–Kier alpha value is -1.91. The molecule has 15 heavy (non-hydrogen) atoms. The van der Waals surface area contributed by atoms with E-state index in [4.69, 9.17) is 4.52 Å². The van der Waals surface area contributed by atoms with Crippen molar-refractivity contribution in [3.63, 3.8) is 0 Å². The topological polar surface area (TPSA) is 63.8 Å². The highest BCUT2D eigenvalue weighted by Crippen LogP contribution is 2.04. The lowest BCUT2D eigenvalue weighted by molar-refractivity contribution is 0.391. The summed E-state index contributed by atoms with van der Waals surface area (Å²) in [4.78, 5) is 8.24. The van der Waals surface area contributed by atoms with Crippen LogP contribution in [0.15, 0.2) is 23.0 Å². The molecular formula is C10H12N4O. The van der Waals surface area contributed by atoms with Crippen molar-refractivity contribution in [3.05, 3.63) is 35.5 Å². The Labute approximate surface area is 87.5 Å². The fourth-order valence-electron chi connectivity index (χ4n) is 1.15. The molecule has 0 spiro atoms. The summed E-state index contributed by atoms with van der Waals surface area (Å²) < 4.78 is 4.94. The van der Waals surface area contributed by atoms with Gasteiger partial charge >= 0.3 is 0 Å². The summed E-state index contributed by atoms with van der Waals surface area (Å²) in [7, 11) is 0. The summed E-state index contributed by atoms with van der Waals surface area (Å²) in [5.41, 5.74) is 1.88. The molecule has 0 fully saturated rings. The van der Waals surface area contributed by atoms with Gasteiger partial charge in [-0.15, -0.1) is 0 Å². The molecule has 0 bridgehead atoms. The lowest BCUT2D eigenvalue weighted by atomic mass is 10.4. The third-order valence-corrected chi connectivity index (χ3v) is 1.89. The standard InChI is InChI=1S/C10H12N4O/c1-7-4-11-10(12-5-7)13-6-9-3-8(2)15-14-9/h3-5H,6H2,1-2H3,(H,11,12,13). The second-order valence-electron chi connectivity index (χ2n) is 3.37. The first-order valence-corrected chi connectivity index (χ1v) is 4.69. The minimum absolute atomic E-state index is 0.570. The number of aryl methyl sites for hydroxylation is 2. The molecular weight excluding hydrogens is 192 g/mol. The molecule has 0 atom stereocenters. The quantitative estimate of drug-likeness (QED) is 0.824. The van der Waals surface area contributed by atoms with Crippen molar-refractivity contribution < 1.29 is 4.52 Å². The Balaban J connectivity index is 1.96. The van der Waals surface area contributed by atoms with E-state index < -0.39 is 0 Å². The number of nitrogens with one attached hydrogen (secondary N) is 1. The number of hydrogen-bond acceptors (Lipinski definition) is 5. The Bertz CT molecular complexity index is 435. The van der Waals surface area contributed by atoms with E-state index in [1.165, 1.54) is 0 Å². The van der Waals surface area contributed by atoms with Gasteiger partial charge in [-0.3, -0.25) is 0 Å². The van der Waals surface area contributed by atoms with Crippen molar-refractivity contribution in [2.75, 3.05) is 5.32 Å². The average molecular weight is 204 g/mol. The summed E-state index contributed by atoms with van der Waals surface area (Å²) in [6.45, 7) is 4.38. The van der Waals surface area contributed by atoms with Gasteiger partial charge in [-0.05, 0) is 19.4 Å². The largest absolute Gasteiger partial charge is 0.361 e. The molecule has 2 heterocycles. The van der Waals surface area contributed by atoms with Crippen LogP contribution < -0.4 is 5.32 Å². The molecule has 1 N–H and O–H groups in total. The first-order chi connectivity index (χ1) is 7.24. The second-order valence-corrected chi connectivity index (χ2v) is 3.37. The SMILES string of the molecule is Cc1cnc(NCc2cc(C)on2)nc1. The van der Waals surface area contributed by atoms with E-state index >= 15 is 0 Å². The van der Waals surface area contributed by atoms with E-state index in [1.54, 1.807) is 12.4 Å². The van der Waals surface area contributed by atoms with Crippen LogP contribution in [0.5, 0.6) is 0 Å². The van der Waals surface area contributed by atoms with Crippen LogP contribution in [-0.2, 0) is 6.54 Å². The van der Waals surface area contributed by atoms with Crippen LogP contribution in [0.1, 0.15) is 17.0 Å². The highest BCUT2D eigenvalue weighted by atomic mass is 16.5. The maximum Gasteiger partial charge on any atom is 0.222 e. The number of aromatic nitrogens is 3. The highest BCUT2D eigenvalue weighted by molar-refractivity contribution is 5.25. The molecule has 0 aliphatic rings. The van der Waals surface area contributed by atoms with Crippen LogP contribution in [0.4, 0.5) is 5.95 Å². The van der Waals surface area contributed by atoms with Gasteiger partial charge in [-0.2, -0.15) is 0 Å². The molecule has 0 aliphatic heterocycles. The van der Waals surface area contributed by atoms with Crippen molar-refractivity contribution >= 4 is 5.95 Å². The fourth-order valence-corrected chi connectivity index (χ4v) is 1.15. The second kappa shape index (κ2) is 4.08. The van der Waals surface area contributed by atoms with Crippen molar-refractivity contribution in [3.8, 4) is 0 Å². The van der Waals surface area contributed by atoms with Crippen molar-refractivity contribution in [2.45, 2.75) is 20.4 Å². The van der Waals surface area contributed by atoms with Gasteiger partial charge in [0.25, 0.3) is 0 Å². The van der Waals surface area contributed by atoms with Crippen LogP contribution in [0, 0.1) is 13.8 Å². The van der Waals surface area contributed by atoms with Gasteiger partial charge in [0, 0.05) is 18.5 Å². The van der Waals surface area contributed by atoms with Gasteiger partial charge < -0.3 is 9.84 Å². The van der Waals surface area contributed by atoms with E-state index in [0.29, 0.717) is 12.5 Å². The Morgan fingerprint density at radius 2 is 2.00 bits per heavy atom. The van der Waals surface area contributed by atoms with Crippen LogP contribution in [-0.4, -0.2) is 15.1 Å².